The molecule has 2 N–H and O–H groups in total. The fourth-order valence-electron chi connectivity index (χ4n) is 4.13. The van der Waals surface area contributed by atoms with E-state index in [9.17, 15) is 13.6 Å². The van der Waals surface area contributed by atoms with Gasteiger partial charge in [-0.15, -0.1) is 0 Å². The monoisotopic (exact) mass is 498 g/mol. The molecule has 0 aliphatic heterocycles. The number of carbonyl (C=O) groups excluding carboxylic acids is 1. The highest BCUT2D eigenvalue weighted by Gasteiger charge is 2.28. The number of halogens is 3. The van der Waals surface area contributed by atoms with Crippen LogP contribution in [0.2, 0.25) is 5.02 Å². The number of allylic oxidation sites excluding steroid dienone is 2. The summed E-state index contributed by atoms with van der Waals surface area (Å²) in [5.41, 5.74) is 9.53. The molecule has 0 bridgehead atoms. The van der Waals surface area contributed by atoms with Gasteiger partial charge in [0.1, 0.15) is 24.0 Å². The number of carbonyl (C=O) groups is 1. The summed E-state index contributed by atoms with van der Waals surface area (Å²) in [4.78, 5) is 12.4. The van der Waals surface area contributed by atoms with Crippen molar-refractivity contribution in [3.05, 3.63) is 94.2 Å². The minimum Gasteiger partial charge on any atom is -0.488 e. The molecule has 1 aromatic heterocycles. The standard InChI is InChI=1S/C27H25ClF2N2O3/c1-15-7-9-25(32(15)18-12-19(27(33)34-3)16(2)24(31)13-18)20-11-17(28)8-10-26(20)35-14-21-22(29)5-4-6-23(21)30/h4-13,16,24H,14,31H2,1-3H3. The molecular weight excluding hydrogens is 474 g/mol. The molecule has 0 spiro atoms. The van der Waals surface area contributed by atoms with Crippen molar-refractivity contribution in [2.24, 2.45) is 11.7 Å². The Kier molecular flexibility index (Phi) is 7.10. The Morgan fingerprint density at radius 1 is 1.14 bits per heavy atom. The van der Waals surface area contributed by atoms with Gasteiger partial charge in [0.2, 0.25) is 0 Å². The quantitative estimate of drug-likeness (QED) is 0.430. The molecular formula is C27H25ClF2N2O3. The summed E-state index contributed by atoms with van der Waals surface area (Å²) in [6.45, 7) is 3.48. The number of aryl methyl sites for hydroxylation is 1. The number of esters is 1. The first kappa shape index (κ1) is 24.7. The molecule has 0 radical (unpaired) electrons. The average Bonchev–Trinajstić information content (AvgIpc) is 3.21. The fourth-order valence-corrected chi connectivity index (χ4v) is 4.30. The zero-order valence-corrected chi connectivity index (χ0v) is 20.3. The van der Waals surface area contributed by atoms with E-state index in [2.05, 4.69) is 0 Å². The maximum atomic E-state index is 14.1. The highest BCUT2D eigenvalue weighted by molar-refractivity contribution is 6.31. The molecule has 0 amide bonds. The van der Waals surface area contributed by atoms with Crippen molar-refractivity contribution in [3.63, 3.8) is 0 Å². The second kappa shape index (κ2) is 10.1. The smallest absolute Gasteiger partial charge is 0.334 e. The molecule has 2 atom stereocenters. The largest absolute Gasteiger partial charge is 0.488 e. The van der Waals surface area contributed by atoms with Gasteiger partial charge in [-0.3, -0.25) is 0 Å². The van der Waals surface area contributed by atoms with E-state index in [1.807, 2.05) is 36.6 Å². The van der Waals surface area contributed by atoms with Gasteiger partial charge in [-0.1, -0.05) is 24.6 Å². The van der Waals surface area contributed by atoms with Crippen LogP contribution in [0, 0.1) is 24.5 Å². The van der Waals surface area contributed by atoms with Crippen LogP contribution in [0.15, 0.2) is 66.3 Å². The number of ether oxygens (including phenoxy) is 2. The van der Waals surface area contributed by atoms with Crippen molar-refractivity contribution in [2.75, 3.05) is 7.11 Å². The molecule has 1 aliphatic rings. The Hall–Kier alpha value is -3.42. The normalized spacial score (nSPS) is 17.6. The molecule has 35 heavy (non-hydrogen) atoms. The molecule has 8 heteroatoms. The number of benzene rings is 2. The van der Waals surface area contributed by atoms with Gasteiger partial charge in [-0.2, -0.15) is 0 Å². The van der Waals surface area contributed by atoms with E-state index in [0.29, 0.717) is 33.3 Å². The zero-order valence-electron chi connectivity index (χ0n) is 19.5. The lowest BCUT2D eigenvalue weighted by atomic mass is 9.88. The molecule has 2 aromatic carbocycles. The number of hydrogen-bond donors (Lipinski definition) is 1. The van der Waals surface area contributed by atoms with E-state index in [1.54, 1.807) is 24.3 Å². The van der Waals surface area contributed by atoms with E-state index in [4.69, 9.17) is 26.8 Å². The summed E-state index contributed by atoms with van der Waals surface area (Å²) in [5, 5.41) is 0.462. The Morgan fingerprint density at radius 2 is 1.86 bits per heavy atom. The Labute approximate surface area is 207 Å². The van der Waals surface area contributed by atoms with Crippen LogP contribution in [0.25, 0.3) is 17.0 Å². The number of nitrogens with two attached hydrogens (primary N) is 1. The van der Waals surface area contributed by atoms with Crippen molar-refractivity contribution >= 4 is 23.3 Å². The maximum absolute atomic E-state index is 14.1. The van der Waals surface area contributed by atoms with E-state index in [-0.39, 0.29) is 18.1 Å². The Morgan fingerprint density at radius 3 is 2.54 bits per heavy atom. The van der Waals surface area contributed by atoms with Gasteiger partial charge in [0.05, 0.1) is 18.4 Å². The highest BCUT2D eigenvalue weighted by Crippen LogP contribution is 2.38. The highest BCUT2D eigenvalue weighted by atomic mass is 35.5. The molecule has 0 fully saturated rings. The fraction of sp³-hybridized carbons (Fsp3) is 0.222. The SMILES string of the molecule is COC(=O)C1=CC(n2c(C)ccc2-c2cc(Cl)ccc2OCc2c(F)cccc2F)=CC(N)C1C. The van der Waals surface area contributed by atoms with Gasteiger partial charge >= 0.3 is 5.97 Å². The summed E-state index contributed by atoms with van der Waals surface area (Å²) in [6, 6.07) is 12.1. The van der Waals surface area contributed by atoms with Crippen LogP contribution in [0.1, 0.15) is 18.2 Å². The number of rotatable bonds is 6. The van der Waals surface area contributed by atoms with Crippen LogP contribution >= 0.6 is 11.6 Å². The van der Waals surface area contributed by atoms with Crippen LogP contribution in [-0.2, 0) is 16.1 Å². The second-order valence-corrected chi connectivity index (χ2v) is 8.81. The van der Waals surface area contributed by atoms with Crippen molar-refractivity contribution in [3.8, 4) is 17.0 Å². The third kappa shape index (κ3) is 4.88. The summed E-state index contributed by atoms with van der Waals surface area (Å²) < 4.78 is 41.0. The lowest BCUT2D eigenvalue weighted by molar-refractivity contribution is -0.136. The summed E-state index contributed by atoms with van der Waals surface area (Å²) >= 11 is 6.31. The average molecular weight is 499 g/mol. The molecule has 4 rings (SSSR count). The lowest BCUT2D eigenvalue weighted by Gasteiger charge is -2.26. The summed E-state index contributed by atoms with van der Waals surface area (Å²) in [7, 11) is 1.33. The molecule has 5 nitrogen and oxygen atoms in total. The summed E-state index contributed by atoms with van der Waals surface area (Å²) in [5.74, 6) is -1.64. The van der Waals surface area contributed by atoms with Crippen LogP contribution in [-0.4, -0.2) is 23.7 Å². The van der Waals surface area contributed by atoms with Gasteiger partial charge in [0.25, 0.3) is 0 Å². The van der Waals surface area contributed by atoms with Crippen molar-refractivity contribution in [1.29, 1.82) is 0 Å². The topological polar surface area (TPSA) is 66.5 Å². The van der Waals surface area contributed by atoms with Crippen molar-refractivity contribution in [2.45, 2.75) is 26.5 Å². The first-order chi connectivity index (χ1) is 16.7. The van der Waals surface area contributed by atoms with E-state index in [1.165, 1.54) is 25.3 Å². The minimum absolute atomic E-state index is 0.166. The third-order valence-electron chi connectivity index (χ3n) is 6.14. The van der Waals surface area contributed by atoms with Gasteiger partial charge < -0.3 is 19.8 Å². The van der Waals surface area contributed by atoms with Crippen LogP contribution in [0.5, 0.6) is 5.75 Å². The van der Waals surface area contributed by atoms with Gasteiger partial charge in [-0.25, -0.2) is 13.6 Å². The Balaban J connectivity index is 1.78. The van der Waals surface area contributed by atoms with Crippen LogP contribution in [0.3, 0.4) is 0 Å². The number of hydrogen-bond acceptors (Lipinski definition) is 4. The number of methoxy groups -OCH3 is 1. The second-order valence-electron chi connectivity index (χ2n) is 8.37. The predicted octanol–water partition coefficient (Wildman–Crippen LogP) is 5.89. The number of aromatic nitrogens is 1. The molecule has 0 saturated heterocycles. The zero-order chi connectivity index (χ0) is 25.3. The predicted molar refractivity (Wildman–Crippen MR) is 132 cm³/mol. The van der Waals surface area contributed by atoms with E-state index in [0.717, 1.165) is 5.69 Å². The molecule has 182 valence electrons. The molecule has 3 aromatic rings. The van der Waals surface area contributed by atoms with Gasteiger partial charge in [-0.05, 0) is 61.5 Å². The number of nitrogens with zero attached hydrogens (tertiary/aromatic N) is 1. The maximum Gasteiger partial charge on any atom is 0.334 e. The minimum atomic E-state index is -0.685. The molecule has 1 aliphatic carbocycles. The lowest BCUT2D eigenvalue weighted by Crippen LogP contribution is -2.33. The van der Waals surface area contributed by atoms with Crippen molar-refractivity contribution < 1.29 is 23.0 Å². The first-order valence-electron chi connectivity index (χ1n) is 11.0. The molecule has 1 heterocycles. The van der Waals surface area contributed by atoms with Crippen LogP contribution in [0.4, 0.5) is 8.78 Å². The van der Waals surface area contributed by atoms with Crippen molar-refractivity contribution in [1.82, 2.24) is 4.57 Å². The Bertz CT molecular complexity index is 1330. The molecule has 2 unspecified atom stereocenters. The van der Waals surface area contributed by atoms with Gasteiger partial charge in [0, 0.05) is 39.5 Å². The summed E-state index contributed by atoms with van der Waals surface area (Å²) in [6.07, 6.45) is 3.64. The molecule has 0 saturated carbocycles. The van der Waals surface area contributed by atoms with Gasteiger partial charge in [0.15, 0.2) is 0 Å². The third-order valence-corrected chi connectivity index (χ3v) is 6.38. The van der Waals surface area contributed by atoms with Crippen LogP contribution < -0.4 is 10.5 Å². The van der Waals surface area contributed by atoms with E-state index >= 15 is 0 Å². The first-order valence-corrected chi connectivity index (χ1v) is 11.4. The van der Waals surface area contributed by atoms with E-state index < -0.39 is 23.6 Å².